The summed E-state index contributed by atoms with van der Waals surface area (Å²) in [6, 6.07) is 11.8. The summed E-state index contributed by atoms with van der Waals surface area (Å²) in [5.41, 5.74) is 1.91. The van der Waals surface area contributed by atoms with Gasteiger partial charge in [0.15, 0.2) is 5.78 Å². The third-order valence-corrected chi connectivity index (χ3v) is 7.10. The number of carbonyl (C=O) groups excluding carboxylic acids is 3. The number of ether oxygens (including phenoxy) is 1. The molecule has 8 heteroatoms. The maximum atomic E-state index is 13.4. The van der Waals surface area contributed by atoms with Gasteiger partial charge in [-0.15, -0.1) is 0 Å². The fraction of sp³-hybridized carbons (Fsp3) is 0.531. The van der Waals surface area contributed by atoms with Gasteiger partial charge in [-0.05, 0) is 75.8 Å². The van der Waals surface area contributed by atoms with Crippen molar-refractivity contribution in [2.24, 2.45) is 0 Å². The number of nitrogens with one attached hydrogen (secondary N) is 2. The van der Waals surface area contributed by atoms with Crippen LogP contribution in [0.3, 0.4) is 0 Å². The fourth-order valence-electron chi connectivity index (χ4n) is 4.42. The van der Waals surface area contributed by atoms with E-state index in [0.717, 1.165) is 37.0 Å². The third kappa shape index (κ3) is 10.4. The number of hydrogen-bond acceptors (Lipinski definition) is 5. The quantitative estimate of drug-likeness (QED) is 0.291. The number of likely N-dealkylation sites (N-methyl/N-ethyl adjacent to an activating group) is 1. The Hall–Kier alpha value is -3.26. The minimum absolute atomic E-state index is 0.163. The molecule has 0 unspecified atom stereocenters. The molecule has 0 saturated heterocycles. The van der Waals surface area contributed by atoms with Gasteiger partial charge < -0.3 is 20.3 Å². The zero-order valence-electron chi connectivity index (χ0n) is 24.8. The number of para-hydroxylation sites is 1. The zero-order valence-corrected chi connectivity index (χ0v) is 24.8. The Morgan fingerprint density at radius 1 is 0.975 bits per heavy atom. The maximum absolute atomic E-state index is 13.4. The first kappa shape index (κ1) is 32.9. The molecule has 7 nitrogen and oxygen atoms in total. The highest BCUT2D eigenvalue weighted by Gasteiger charge is 2.30. The SMILES string of the molecule is CCCCc1ccccc1O[C@H](C)CN[C@@H](CCC)C(=O)N(C)[C@H](C)C(=O)N[C@H](Cc1ccc(F)cc1)C(C)=O. The Morgan fingerprint density at radius 3 is 2.27 bits per heavy atom. The van der Waals surface area contributed by atoms with Crippen LogP contribution >= 0.6 is 0 Å². The first-order valence-corrected chi connectivity index (χ1v) is 14.4. The largest absolute Gasteiger partial charge is 0.489 e. The Kier molecular flexibility index (Phi) is 13.8. The van der Waals surface area contributed by atoms with Gasteiger partial charge in [0.05, 0.1) is 12.1 Å². The number of carbonyl (C=O) groups is 3. The number of Topliss-reactive ketones (excluding diaryl/α,β-unsaturated/α-hetero) is 1. The van der Waals surface area contributed by atoms with E-state index in [1.54, 1.807) is 26.1 Å². The number of amides is 2. The fourth-order valence-corrected chi connectivity index (χ4v) is 4.42. The minimum atomic E-state index is -0.789. The lowest BCUT2D eigenvalue weighted by atomic mass is 10.0. The first-order chi connectivity index (χ1) is 19.1. The lowest BCUT2D eigenvalue weighted by Crippen LogP contribution is -2.55. The van der Waals surface area contributed by atoms with Crippen molar-refractivity contribution < 1.29 is 23.5 Å². The molecular weight excluding hydrogens is 509 g/mol. The van der Waals surface area contributed by atoms with Crippen LogP contribution in [0.2, 0.25) is 0 Å². The summed E-state index contributed by atoms with van der Waals surface area (Å²) in [4.78, 5) is 40.1. The molecule has 0 fully saturated rings. The molecule has 0 saturated carbocycles. The molecule has 2 rings (SSSR count). The molecule has 4 atom stereocenters. The second-order valence-corrected chi connectivity index (χ2v) is 10.5. The van der Waals surface area contributed by atoms with Crippen molar-refractivity contribution in [3.8, 4) is 5.75 Å². The van der Waals surface area contributed by atoms with Crippen LogP contribution < -0.4 is 15.4 Å². The number of rotatable bonds is 17. The number of benzene rings is 2. The van der Waals surface area contributed by atoms with Crippen molar-refractivity contribution in [2.75, 3.05) is 13.6 Å². The van der Waals surface area contributed by atoms with Crippen LogP contribution in [0.5, 0.6) is 5.75 Å². The molecule has 0 aromatic heterocycles. The van der Waals surface area contributed by atoms with Crippen LogP contribution in [-0.2, 0) is 27.2 Å². The number of aryl methyl sites for hydroxylation is 1. The Labute approximate surface area is 238 Å². The maximum Gasteiger partial charge on any atom is 0.243 e. The van der Waals surface area contributed by atoms with Gasteiger partial charge in [0.2, 0.25) is 11.8 Å². The summed E-state index contributed by atoms with van der Waals surface area (Å²) in [6.45, 7) is 9.66. The summed E-state index contributed by atoms with van der Waals surface area (Å²) in [6.07, 6.45) is 4.64. The van der Waals surface area contributed by atoms with Crippen molar-refractivity contribution in [2.45, 2.75) is 97.4 Å². The van der Waals surface area contributed by atoms with Crippen LogP contribution in [0.25, 0.3) is 0 Å². The monoisotopic (exact) mass is 555 g/mol. The number of ketones is 1. The first-order valence-electron chi connectivity index (χ1n) is 14.4. The van der Waals surface area contributed by atoms with Crippen LogP contribution in [0, 0.1) is 5.82 Å². The second kappa shape index (κ2) is 16.8. The van der Waals surface area contributed by atoms with E-state index in [0.29, 0.717) is 13.0 Å². The summed E-state index contributed by atoms with van der Waals surface area (Å²) in [5, 5.41) is 6.11. The summed E-state index contributed by atoms with van der Waals surface area (Å²) in [5.74, 6) is -0.331. The molecule has 0 radical (unpaired) electrons. The van der Waals surface area contributed by atoms with Crippen molar-refractivity contribution in [3.63, 3.8) is 0 Å². The normalized spacial score (nSPS) is 14.1. The minimum Gasteiger partial charge on any atom is -0.489 e. The van der Waals surface area contributed by atoms with E-state index in [9.17, 15) is 18.8 Å². The van der Waals surface area contributed by atoms with Crippen molar-refractivity contribution in [1.82, 2.24) is 15.5 Å². The van der Waals surface area contributed by atoms with Gasteiger partial charge in [-0.25, -0.2) is 4.39 Å². The van der Waals surface area contributed by atoms with E-state index in [2.05, 4.69) is 23.6 Å². The Morgan fingerprint density at radius 2 is 1.65 bits per heavy atom. The summed E-state index contributed by atoms with van der Waals surface area (Å²) < 4.78 is 19.5. The number of unbranched alkanes of at least 4 members (excludes halogenated alkanes) is 1. The molecule has 2 amide bonds. The molecule has 0 aliphatic heterocycles. The van der Waals surface area contributed by atoms with Gasteiger partial charge in [0.1, 0.15) is 23.7 Å². The molecule has 0 heterocycles. The standard InChI is InChI=1S/C32H46FN3O4/c1-7-9-13-26-14-10-11-15-30(26)40-22(3)21-34-28(12-8-2)32(39)36(6)23(4)31(38)35-29(24(5)37)20-25-16-18-27(33)19-17-25/h10-11,14-19,22-23,28-29,34H,7-9,12-13,20-21H2,1-6H3,(H,35,38)/t22-,23-,28+,29-/m1/s1. The molecule has 0 aliphatic carbocycles. The smallest absolute Gasteiger partial charge is 0.243 e. The molecular formula is C32H46FN3O4. The molecule has 220 valence electrons. The van der Waals surface area contributed by atoms with E-state index in [-0.39, 0.29) is 30.0 Å². The molecule has 40 heavy (non-hydrogen) atoms. The summed E-state index contributed by atoms with van der Waals surface area (Å²) in [7, 11) is 1.60. The highest BCUT2D eigenvalue weighted by molar-refractivity contribution is 5.92. The van der Waals surface area contributed by atoms with E-state index in [1.807, 2.05) is 32.0 Å². The highest BCUT2D eigenvalue weighted by Crippen LogP contribution is 2.21. The van der Waals surface area contributed by atoms with Crippen molar-refractivity contribution in [1.29, 1.82) is 0 Å². The van der Waals surface area contributed by atoms with Gasteiger partial charge in [0, 0.05) is 13.6 Å². The molecule has 2 N–H and O–H groups in total. The van der Waals surface area contributed by atoms with E-state index >= 15 is 0 Å². The average molecular weight is 556 g/mol. The van der Waals surface area contributed by atoms with Crippen LogP contribution in [-0.4, -0.2) is 60.3 Å². The summed E-state index contributed by atoms with van der Waals surface area (Å²) >= 11 is 0. The number of nitrogens with zero attached hydrogens (tertiary/aromatic N) is 1. The predicted octanol–water partition coefficient (Wildman–Crippen LogP) is 4.86. The zero-order chi connectivity index (χ0) is 29.7. The topological polar surface area (TPSA) is 87.7 Å². The van der Waals surface area contributed by atoms with Crippen molar-refractivity contribution in [3.05, 3.63) is 65.5 Å². The number of halogens is 1. The average Bonchev–Trinajstić information content (AvgIpc) is 2.94. The van der Waals surface area contributed by atoms with E-state index < -0.39 is 24.0 Å². The van der Waals surface area contributed by atoms with Crippen LogP contribution in [0.4, 0.5) is 4.39 Å². The van der Waals surface area contributed by atoms with Gasteiger partial charge >= 0.3 is 0 Å². The Balaban J connectivity index is 1.98. The molecule has 0 spiro atoms. The third-order valence-electron chi connectivity index (χ3n) is 7.10. The number of hydrogen-bond donors (Lipinski definition) is 2. The predicted molar refractivity (Wildman–Crippen MR) is 157 cm³/mol. The molecule has 2 aromatic carbocycles. The van der Waals surface area contributed by atoms with Crippen LogP contribution in [0.15, 0.2) is 48.5 Å². The van der Waals surface area contributed by atoms with Gasteiger partial charge in [-0.2, -0.15) is 0 Å². The molecule has 2 aromatic rings. The van der Waals surface area contributed by atoms with Gasteiger partial charge in [-0.1, -0.05) is 57.0 Å². The van der Waals surface area contributed by atoms with Crippen molar-refractivity contribution >= 4 is 17.6 Å². The lowest BCUT2D eigenvalue weighted by Gasteiger charge is -2.30. The second-order valence-electron chi connectivity index (χ2n) is 10.5. The van der Waals surface area contributed by atoms with Crippen LogP contribution in [0.1, 0.15) is 71.4 Å². The van der Waals surface area contributed by atoms with Gasteiger partial charge in [0.25, 0.3) is 0 Å². The molecule has 0 bridgehead atoms. The lowest BCUT2D eigenvalue weighted by molar-refractivity contribution is -0.140. The highest BCUT2D eigenvalue weighted by atomic mass is 19.1. The Bertz CT molecular complexity index is 1090. The van der Waals surface area contributed by atoms with E-state index in [1.165, 1.54) is 29.5 Å². The molecule has 0 aliphatic rings. The van der Waals surface area contributed by atoms with E-state index in [4.69, 9.17) is 4.74 Å². The van der Waals surface area contributed by atoms with Gasteiger partial charge in [-0.3, -0.25) is 14.4 Å².